The number of aromatic nitrogens is 2. The fraction of sp³-hybridized carbons (Fsp3) is 0.192. The van der Waals surface area contributed by atoms with Gasteiger partial charge in [-0.05, 0) is 61.7 Å². The number of amides is 1. The normalized spacial score (nSPS) is 11.0. The van der Waals surface area contributed by atoms with Gasteiger partial charge in [0.25, 0.3) is 5.56 Å². The minimum Gasteiger partial charge on any atom is -0.325 e. The zero-order valence-corrected chi connectivity index (χ0v) is 19.2. The quantitative estimate of drug-likeness (QED) is 0.325. The summed E-state index contributed by atoms with van der Waals surface area (Å²) in [5.74, 6) is 0.00255. The van der Waals surface area contributed by atoms with E-state index in [-0.39, 0.29) is 17.2 Å². The van der Waals surface area contributed by atoms with Gasteiger partial charge in [-0.25, -0.2) is 4.98 Å². The summed E-state index contributed by atoms with van der Waals surface area (Å²) < 4.78 is 1.59. The number of thioether (sulfide) groups is 1. The topological polar surface area (TPSA) is 64.0 Å². The fourth-order valence-electron chi connectivity index (χ4n) is 3.59. The van der Waals surface area contributed by atoms with Crippen molar-refractivity contribution < 1.29 is 4.79 Å². The molecule has 0 aliphatic carbocycles. The summed E-state index contributed by atoms with van der Waals surface area (Å²) in [4.78, 5) is 30.7. The van der Waals surface area contributed by atoms with E-state index < -0.39 is 0 Å². The van der Waals surface area contributed by atoms with Crippen LogP contribution in [0.15, 0.2) is 76.7 Å². The van der Waals surface area contributed by atoms with Crippen LogP contribution in [0.4, 0.5) is 5.69 Å². The average molecular weight is 444 g/mol. The van der Waals surface area contributed by atoms with Crippen molar-refractivity contribution in [2.45, 2.75) is 32.3 Å². The van der Waals surface area contributed by atoms with Gasteiger partial charge in [-0.15, -0.1) is 0 Å². The van der Waals surface area contributed by atoms with Crippen LogP contribution in [0, 0.1) is 13.8 Å². The molecule has 0 bridgehead atoms. The summed E-state index contributed by atoms with van der Waals surface area (Å²) in [6.45, 7) is 6.08. The van der Waals surface area contributed by atoms with Crippen LogP contribution in [0.5, 0.6) is 0 Å². The van der Waals surface area contributed by atoms with Gasteiger partial charge in [0.2, 0.25) is 5.91 Å². The molecule has 1 N–H and O–H groups in total. The first-order valence-electron chi connectivity index (χ1n) is 10.6. The largest absolute Gasteiger partial charge is 0.325 e. The number of anilines is 1. The minimum absolute atomic E-state index is 0.141. The molecule has 32 heavy (non-hydrogen) atoms. The van der Waals surface area contributed by atoms with Gasteiger partial charge in [-0.1, -0.05) is 60.6 Å². The predicted molar refractivity (Wildman–Crippen MR) is 132 cm³/mol. The van der Waals surface area contributed by atoms with Gasteiger partial charge >= 0.3 is 0 Å². The Bertz CT molecular complexity index is 1340. The Morgan fingerprint density at radius 3 is 2.50 bits per heavy atom. The van der Waals surface area contributed by atoms with E-state index in [0.29, 0.717) is 16.1 Å². The number of para-hydroxylation sites is 1. The van der Waals surface area contributed by atoms with E-state index in [0.717, 1.165) is 28.9 Å². The van der Waals surface area contributed by atoms with E-state index >= 15 is 0 Å². The van der Waals surface area contributed by atoms with Gasteiger partial charge in [0, 0.05) is 5.69 Å². The lowest BCUT2D eigenvalue weighted by Gasteiger charge is -2.14. The maximum Gasteiger partial charge on any atom is 0.266 e. The third-order valence-corrected chi connectivity index (χ3v) is 6.27. The number of carbonyl (C=O) groups is 1. The molecule has 6 heteroatoms. The van der Waals surface area contributed by atoms with E-state index in [1.54, 1.807) is 10.6 Å². The summed E-state index contributed by atoms with van der Waals surface area (Å²) in [6, 6.07) is 21.1. The van der Waals surface area contributed by atoms with Crippen LogP contribution >= 0.6 is 11.8 Å². The number of hydrogen-bond acceptors (Lipinski definition) is 4. The van der Waals surface area contributed by atoms with Crippen molar-refractivity contribution in [1.29, 1.82) is 0 Å². The van der Waals surface area contributed by atoms with Crippen molar-refractivity contribution in [2.24, 2.45) is 0 Å². The second-order valence-electron chi connectivity index (χ2n) is 7.73. The van der Waals surface area contributed by atoms with Crippen LogP contribution in [0.3, 0.4) is 0 Å². The third-order valence-electron chi connectivity index (χ3n) is 5.34. The van der Waals surface area contributed by atoms with Gasteiger partial charge in [0.05, 0.1) is 22.3 Å². The van der Waals surface area contributed by atoms with E-state index in [1.807, 2.05) is 74.5 Å². The monoisotopic (exact) mass is 443 g/mol. The van der Waals surface area contributed by atoms with Gasteiger partial charge < -0.3 is 5.32 Å². The highest BCUT2D eigenvalue weighted by Gasteiger charge is 2.15. The van der Waals surface area contributed by atoms with E-state index in [9.17, 15) is 9.59 Å². The Balaban J connectivity index is 1.66. The van der Waals surface area contributed by atoms with Crippen molar-refractivity contribution >= 4 is 34.3 Å². The SMILES string of the molecule is CCc1ccc(-n2c(SCC(=O)Nc3ccc(C)cc3C)nc3ccccc3c2=O)cc1. The molecule has 3 aromatic carbocycles. The number of carbonyl (C=O) groups excluding carboxylic acids is 1. The summed E-state index contributed by atoms with van der Waals surface area (Å²) >= 11 is 1.26. The molecule has 0 spiro atoms. The first-order chi connectivity index (χ1) is 15.5. The van der Waals surface area contributed by atoms with Crippen LogP contribution < -0.4 is 10.9 Å². The molecule has 0 atom stereocenters. The summed E-state index contributed by atoms with van der Waals surface area (Å²) in [5, 5.41) is 4.01. The summed E-state index contributed by atoms with van der Waals surface area (Å²) in [6.07, 6.45) is 0.922. The Morgan fingerprint density at radius 1 is 1.03 bits per heavy atom. The lowest BCUT2D eigenvalue weighted by molar-refractivity contribution is -0.113. The van der Waals surface area contributed by atoms with Crippen LogP contribution in [-0.4, -0.2) is 21.2 Å². The van der Waals surface area contributed by atoms with Crippen molar-refractivity contribution in [1.82, 2.24) is 9.55 Å². The first kappa shape index (κ1) is 21.8. The fourth-order valence-corrected chi connectivity index (χ4v) is 4.40. The van der Waals surface area contributed by atoms with Crippen LogP contribution in [-0.2, 0) is 11.2 Å². The van der Waals surface area contributed by atoms with E-state index in [2.05, 4.69) is 12.2 Å². The van der Waals surface area contributed by atoms with Gasteiger partial charge in [-0.3, -0.25) is 14.2 Å². The molecule has 0 saturated heterocycles. The highest BCUT2D eigenvalue weighted by molar-refractivity contribution is 7.99. The molecule has 5 nitrogen and oxygen atoms in total. The third kappa shape index (κ3) is 4.60. The standard InChI is InChI=1S/C26H25N3O2S/c1-4-19-10-12-20(13-11-19)29-25(31)21-7-5-6-8-23(21)28-26(29)32-16-24(30)27-22-14-9-17(2)15-18(22)3/h5-15H,4,16H2,1-3H3,(H,27,30). The number of fused-ring (bicyclic) bond motifs is 1. The molecule has 1 aromatic heterocycles. The van der Waals surface area contributed by atoms with Crippen LogP contribution in [0.1, 0.15) is 23.6 Å². The lowest BCUT2D eigenvalue weighted by Crippen LogP contribution is -2.23. The van der Waals surface area contributed by atoms with Crippen LogP contribution in [0.2, 0.25) is 0 Å². The zero-order chi connectivity index (χ0) is 22.7. The maximum atomic E-state index is 13.3. The van der Waals surface area contributed by atoms with Crippen molar-refractivity contribution in [3.63, 3.8) is 0 Å². The molecule has 4 aromatic rings. The second kappa shape index (κ2) is 9.40. The smallest absolute Gasteiger partial charge is 0.266 e. The molecule has 0 aliphatic heterocycles. The molecule has 0 radical (unpaired) electrons. The van der Waals surface area contributed by atoms with Crippen molar-refractivity contribution in [2.75, 3.05) is 11.1 Å². The Hall–Kier alpha value is -3.38. The molecule has 4 rings (SSSR count). The lowest BCUT2D eigenvalue weighted by atomic mass is 10.1. The molecule has 0 saturated carbocycles. The number of aryl methyl sites for hydroxylation is 3. The average Bonchev–Trinajstić information content (AvgIpc) is 2.80. The number of rotatable bonds is 6. The van der Waals surface area contributed by atoms with E-state index in [1.165, 1.54) is 17.3 Å². The van der Waals surface area contributed by atoms with E-state index in [4.69, 9.17) is 4.98 Å². The number of hydrogen-bond donors (Lipinski definition) is 1. The summed E-state index contributed by atoms with van der Waals surface area (Å²) in [5.41, 5.74) is 5.36. The molecule has 162 valence electrons. The molecule has 0 fully saturated rings. The maximum absolute atomic E-state index is 13.3. The molecule has 0 aliphatic rings. The zero-order valence-electron chi connectivity index (χ0n) is 18.4. The van der Waals surface area contributed by atoms with Gasteiger partial charge in [-0.2, -0.15) is 0 Å². The van der Waals surface area contributed by atoms with Crippen molar-refractivity contribution in [3.8, 4) is 5.69 Å². The van der Waals surface area contributed by atoms with Crippen molar-refractivity contribution in [3.05, 3.63) is 93.8 Å². The van der Waals surface area contributed by atoms with Gasteiger partial charge in [0.1, 0.15) is 0 Å². The first-order valence-corrected chi connectivity index (χ1v) is 11.6. The summed E-state index contributed by atoms with van der Waals surface area (Å²) in [7, 11) is 0. The molecule has 1 amide bonds. The molecular formula is C26H25N3O2S. The second-order valence-corrected chi connectivity index (χ2v) is 8.67. The number of nitrogens with one attached hydrogen (secondary N) is 1. The predicted octanol–water partition coefficient (Wildman–Crippen LogP) is 5.30. The number of benzene rings is 3. The Morgan fingerprint density at radius 2 is 1.78 bits per heavy atom. The van der Waals surface area contributed by atoms with Gasteiger partial charge in [0.15, 0.2) is 5.16 Å². The Labute approximate surface area is 191 Å². The highest BCUT2D eigenvalue weighted by atomic mass is 32.2. The minimum atomic E-state index is -0.142. The molecule has 0 unspecified atom stereocenters. The van der Waals surface area contributed by atoms with Crippen LogP contribution in [0.25, 0.3) is 16.6 Å². The number of nitrogens with zero attached hydrogens (tertiary/aromatic N) is 2. The Kier molecular flexibility index (Phi) is 6.42. The molecular weight excluding hydrogens is 418 g/mol. The molecule has 1 heterocycles. The highest BCUT2D eigenvalue weighted by Crippen LogP contribution is 2.23.